The van der Waals surface area contributed by atoms with Crippen molar-refractivity contribution >= 4 is 29.7 Å². The maximum atomic E-state index is 12.4. The molecule has 1 aliphatic heterocycles. The third-order valence-corrected chi connectivity index (χ3v) is 5.48. The number of ether oxygens (including phenoxy) is 1. The van der Waals surface area contributed by atoms with Gasteiger partial charge in [0.2, 0.25) is 0 Å². The summed E-state index contributed by atoms with van der Waals surface area (Å²) >= 11 is 1.45. The number of benzene rings is 1. The molecule has 1 fully saturated rings. The molecule has 1 amide bonds. The van der Waals surface area contributed by atoms with Crippen LogP contribution in [0.5, 0.6) is 11.5 Å². The Bertz CT molecular complexity index is 727. The highest BCUT2D eigenvalue weighted by Gasteiger charge is 2.20. The Labute approximate surface area is 158 Å². The number of hydrogen-bond donors (Lipinski definition) is 2. The van der Waals surface area contributed by atoms with E-state index in [1.165, 1.54) is 18.4 Å². The van der Waals surface area contributed by atoms with Crippen LogP contribution in [0.3, 0.4) is 0 Å². The SMILES string of the molecule is COc1cc(-c2ccc(C(=O)NC3CCN(C)CC3)s2)ccc1O.Cl. The molecule has 0 radical (unpaired) electrons. The van der Waals surface area contributed by atoms with Gasteiger partial charge in [-0.2, -0.15) is 0 Å². The minimum Gasteiger partial charge on any atom is -0.504 e. The number of thiophene rings is 1. The molecule has 2 N–H and O–H groups in total. The van der Waals surface area contributed by atoms with Gasteiger partial charge in [0.25, 0.3) is 5.91 Å². The molecule has 1 aromatic heterocycles. The van der Waals surface area contributed by atoms with E-state index >= 15 is 0 Å². The lowest BCUT2D eigenvalue weighted by Gasteiger charge is -2.29. The van der Waals surface area contributed by atoms with Crippen molar-refractivity contribution in [3.05, 3.63) is 35.2 Å². The summed E-state index contributed by atoms with van der Waals surface area (Å²) < 4.78 is 5.14. The van der Waals surface area contributed by atoms with Crippen molar-refractivity contribution in [1.82, 2.24) is 10.2 Å². The first-order valence-electron chi connectivity index (χ1n) is 8.03. The molecule has 0 bridgehead atoms. The van der Waals surface area contributed by atoms with Gasteiger partial charge < -0.3 is 20.1 Å². The van der Waals surface area contributed by atoms with E-state index in [0.29, 0.717) is 10.6 Å². The largest absolute Gasteiger partial charge is 0.504 e. The molecule has 2 heterocycles. The summed E-state index contributed by atoms with van der Waals surface area (Å²) in [5.41, 5.74) is 0.924. The number of carbonyl (C=O) groups is 1. The molecule has 25 heavy (non-hydrogen) atoms. The van der Waals surface area contributed by atoms with Crippen molar-refractivity contribution in [3.63, 3.8) is 0 Å². The maximum absolute atomic E-state index is 12.4. The lowest BCUT2D eigenvalue weighted by atomic mass is 10.1. The molecule has 7 heteroatoms. The Hall–Kier alpha value is -1.76. The number of amides is 1. The van der Waals surface area contributed by atoms with Gasteiger partial charge in [-0.3, -0.25) is 4.79 Å². The standard InChI is InChI=1S/C18H22N2O3S.ClH/c1-20-9-7-13(8-10-20)19-18(22)17-6-5-16(24-17)12-3-4-14(21)15(11-12)23-2;/h3-6,11,13,21H,7-10H2,1-2H3,(H,19,22);1H. The van der Waals surface area contributed by atoms with Crippen molar-refractivity contribution in [2.45, 2.75) is 18.9 Å². The average molecular weight is 383 g/mol. The number of carbonyl (C=O) groups excluding carboxylic acids is 1. The highest BCUT2D eigenvalue weighted by molar-refractivity contribution is 7.17. The Kier molecular flexibility index (Phi) is 6.70. The molecule has 0 saturated carbocycles. The van der Waals surface area contributed by atoms with Crippen molar-refractivity contribution in [3.8, 4) is 21.9 Å². The van der Waals surface area contributed by atoms with E-state index in [0.717, 1.165) is 36.4 Å². The molecule has 1 aromatic carbocycles. The number of likely N-dealkylation sites (tertiary alicyclic amines) is 1. The van der Waals surface area contributed by atoms with Crippen LogP contribution in [0, 0.1) is 0 Å². The molecule has 2 aromatic rings. The summed E-state index contributed by atoms with van der Waals surface area (Å²) in [4.78, 5) is 16.4. The summed E-state index contributed by atoms with van der Waals surface area (Å²) in [6.45, 7) is 2.04. The number of hydrogen-bond acceptors (Lipinski definition) is 5. The van der Waals surface area contributed by atoms with Crippen LogP contribution in [0.4, 0.5) is 0 Å². The van der Waals surface area contributed by atoms with Crippen molar-refractivity contribution < 1.29 is 14.6 Å². The topological polar surface area (TPSA) is 61.8 Å². The molecule has 3 rings (SSSR count). The fourth-order valence-corrected chi connectivity index (χ4v) is 3.76. The fourth-order valence-electron chi connectivity index (χ4n) is 2.86. The van der Waals surface area contributed by atoms with Crippen molar-refractivity contribution in [2.75, 3.05) is 27.2 Å². The van der Waals surface area contributed by atoms with Gasteiger partial charge in [-0.15, -0.1) is 23.7 Å². The first kappa shape index (κ1) is 19.6. The van der Waals surface area contributed by atoms with Crippen LogP contribution in [-0.2, 0) is 0 Å². The van der Waals surface area contributed by atoms with Crippen LogP contribution in [0.2, 0.25) is 0 Å². The molecule has 0 spiro atoms. The Morgan fingerprint density at radius 3 is 2.68 bits per heavy atom. The third-order valence-electron chi connectivity index (χ3n) is 4.35. The molecule has 5 nitrogen and oxygen atoms in total. The van der Waals surface area contributed by atoms with Crippen LogP contribution in [0.15, 0.2) is 30.3 Å². The monoisotopic (exact) mass is 382 g/mol. The summed E-state index contributed by atoms with van der Waals surface area (Å²) in [6, 6.07) is 9.24. The zero-order valence-corrected chi connectivity index (χ0v) is 16.0. The molecule has 1 saturated heterocycles. The molecule has 0 unspecified atom stereocenters. The van der Waals surface area contributed by atoms with Gasteiger partial charge in [-0.05, 0) is 68.9 Å². The lowest BCUT2D eigenvalue weighted by Crippen LogP contribution is -2.43. The first-order chi connectivity index (χ1) is 11.6. The first-order valence-corrected chi connectivity index (χ1v) is 8.85. The maximum Gasteiger partial charge on any atom is 0.261 e. The Balaban J connectivity index is 0.00000225. The number of methoxy groups -OCH3 is 1. The summed E-state index contributed by atoms with van der Waals surface area (Å²) in [5, 5.41) is 12.8. The normalized spacial score (nSPS) is 15.4. The Morgan fingerprint density at radius 2 is 2.00 bits per heavy atom. The summed E-state index contributed by atoms with van der Waals surface area (Å²) in [7, 11) is 3.63. The van der Waals surface area contributed by atoms with Gasteiger partial charge >= 0.3 is 0 Å². The number of phenols is 1. The van der Waals surface area contributed by atoms with Crippen molar-refractivity contribution in [2.24, 2.45) is 0 Å². The molecular weight excluding hydrogens is 360 g/mol. The van der Waals surface area contributed by atoms with Crippen LogP contribution >= 0.6 is 23.7 Å². The second kappa shape index (κ2) is 8.56. The number of rotatable bonds is 4. The average Bonchev–Trinajstić information content (AvgIpc) is 3.07. The van der Waals surface area contributed by atoms with Gasteiger partial charge in [-0.1, -0.05) is 0 Å². The number of halogens is 1. The van der Waals surface area contributed by atoms with Gasteiger partial charge in [0.15, 0.2) is 11.5 Å². The second-order valence-electron chi connectivity index (χ2n) is 6.10. The zero-order chi connectivity index (χ0) is 17.1. The summed E-state index contributed by atoms with van der Waals surface area (Å²) in [6.07, 6.45) is 1.99. The van der Waals surface area contributed by atoms with Gasteiger partial charge in [0.1, 0.15) is 0 Å². The molecule has 0 atom stereocenters. The number of nitrogens with zero attached hydrogens (tertiary/aromatic N) is 1. The molecule has 136 valence electrons. The minimum absolute atomic E-state index is 0. The van der Waals surface area contributed by atoms with Gasteiger partial charge in [0.05, 0.1) is 12.0 Å². The number of aromatic hydroxyl groups is 1. The van der Waals surface area contributed by atoms with Gasteiger partial charge in [0, 0.05) is 10.9 Å². The number of nitrogens with one attached hydrogen (secondary N) is 1. The second-order valence-corrected chi connectivity index (χ2v) is 7.19. The molecule has 0 aliphatic carbocycles. The van der Waals surface area contributed by atoms with Crippen LogP contribution in [-0.4, -0.2) is 49.2 Å². The summed E-state index contributed by atoms with van der Waals surface area (Å²) in [5.74, 6) is 0.530. The fraction of sp³-hybridized carbons (Fsp3) is 0.389. The van der Waals surface area contributed by atoms with E-state index in [2.05, 4.69) is 17.3 Å². The van der Waals surface area contributed by atoms with E-state index in [1.54, 1.807) is 12.1 Å². The predicted octanol–water partition coefficient (Wildman–Crippen LogP) is 3.38. The minimum atomic E-state index is -0.00783. The van der Waals surface area contributed by atoms with E-state index in [9.17, 15) is 9.90 Å². The highest BCUT2D eigenvalue weighted by atomic mass is 35.5. The number of phenolic OH excluding ortho intramolecular Hbond substituents is 1. The van der Waals surface area contributed by atoms with Crippen LogP contribution in [0.25, 0.3) is 10.4 Å². The highest BCUT2D eigenvalue weighted by Crippen LogP contribution is 2.34. The van der Waals surface area contributed by atoms with E-state index in [1.807, 2.05) is 18.2 Å². The van der Waals surface area contributed by atoms with Gasteiger partial charge in [-0.25, -0.2) is 0 Å². The van der Waals surface area contributed by atoms with Crippen LogP contribution in [0.1, 0.15) is 22.5 Å². The van der Waals surface area contributed by atoms with Crippen LogP contribution < -0.4 is 10.1 Å². The van der Waals surface area contributed by atoms with E-state index in [4.69, 9.17) is 4.74 Å². The van der Waals surface area contributed by atoms with Crippen molar-refractivity contribution in [1.29, 1.82) is 0 Å². The zero-order valence-electron chi connectivity index (χ0n) is 14.3. The van der Waals surface area contributed by atoms with E-state index < -0.39 is 0 Å². The molecular formula is C18H23ClN2O3S. The quantitative estimate of drug-likeness (QED) is 0.851. The van der Waals surface area contributed by atoms with E-state index in [-0.39, 0.29) is 30.1 Å². The smallest absolute Gasteiger partial charge is 0.261 e. The predicted molar refractivity (Wildman–Crippen MR) is 103 cm³/mol. The number of piperidine rings is 1. The lowest BCUT2D eigenvalue weighted by molar-refractivity contribution is 0.0921. The third kappa shape index (κ3) is 4.66. The Morgan fingerprint density at radius 1 is 1.28 bits per heavy atom. The molecule has 1 aliphatic rings.